The van der Waals surface area contributed by atoms with Crippen molar-refractivity contribution in [1.82, 2.24) is 0 Å². The zero-order valence-electron chi connectivity index (χ0n) is 14.1. The van der Waals surface area contributed by atoms with Crippen LogP contribution in [0.1, 0.15) is 11.6 Å². The van der Waals surface area contributed by atoms with Crippen LogP contribution in [0.15, 0.2) is 78.9 Å². The van der Waals surface area contributed by atoms with Gasteiger partial charge in [-0.15, -0.1) is 0 Å². The van der Waals surface area contributed by atoms with Crippen molar-refractivity contribution in [3.63, 3.8) is 0 Å². The first-order chi connectivity index (χ1) is 13.1. The van der Waals surface area contributed by atoms with Gasteiger partial charge >= 0.3 is 6.03 Å². The normalized spacial score (nSPS) is 11.3. The minimum absolute atomic E-state index is 0.0145. The molecule has 6 heteroatoms. The highest BCUT2D eigenvalue weighted by Crippen LogP contribution is 2.28. The van der Waals surface area contributed by atoms with Crippen LogP contribution in [0, 0.1) is 23.0 Å². The van der Waals surface area contributed by atoms with Crippen LogP contribution < -0.4 is 10.2 Å². The molecule has 0 saturated heterocycles. The molecule has 0 fully saturated rings. The number of halogens is 2. The lowest BCUT2D eigenvalue weighted by molar-refractivity contribution is 0.256. The van der Waals surface area contributed by atoms with Crippen molar-refractivity contribution in [2.45, 2.75) is 6.04 Å². The van der Waals surface area contributed by atoms with Crippen LogP contribution in [0.25, 0.3) is 0 Å². The van der Waals surface area contributed by atoms with Crippen molar-refractivity contribution < 1.29 is 13.6 Å². The van der Waals surface area contributed by atoms with Gasteiger partial charge in [0.25, 0.3) is 0 Å². The number of carbonyl (C=O) groups excluding carboxylic acids is 1. The summed E-state index contributed by atoms with van der Waals surface area (Å²) in [6, 6.07) is 20.0. The number of benzene rings is 3. The smallest absolute Gasteiger partial charge is 0.305 e. The molecule has 2 amide bonds. The molecule has 0 radical (unpaired) electrons. The Bertz CT molecular complexity index is 969. The second kappa shape index (κ2) is 8.11. The summed E-state index contributed by atoms with van der Waals surface area (Å²) in [7, 11) is 0. The van der Waals surface area contributed by atoms with Crippen molar-refractivity contribution in [3.8, 4) is 6.07 Å². The van der Waals surface area contributed by atoms with Gasteiger partial charge in [-0.05, 0) is 42.0 Å². The minimum Gasteiger partial charge on any atom is -0.305 e. The van der Waals surface area contributed by atoms with Crippen LogP contribution in [-0.2, 0) is 0 Å². The summed E-state index contributed by atoms with van der Waals surface area (Å²) in [5.41, 5.74) is 0.869. The fourth-order valence-corrected chi connectivity index (χ4v) is 2.64. The molecule has 3 aromatic rings. The number of nitrogens with zero attached hydrogens (tertiary/aromatic N) is 2. The SMILES string of the molecule is N#CC(c1ccccc1)N(C(=O)Nc1ccccc1F)c1ccc(F)cc1. The third kappa shape index (κ3) is 4.10. The standard InChI is InChI=1S/C21H15F2N3O/c22-16-10-12-17(13-11-16)26(20(14-24)15-6-2-1-3-7-15)21(27)25-19-9-5-4-8-18(19)23/h1-13,20H,(H,25,27). The lowest BCUT2D eigenvalue weighted by Crippen LogP contribution is -2.38. The number of rotatable bonds is 4. The Balaban J connectivity index is 2.01. The van der Waals surface area contributed by atoms with Gasteiger partial charge in [0.2, 0.25) is 0 Å². The number of carbonyl (C=O) groups is 1. The van der Waals surface area contributed by atoms with Crippen LogP contribution in [0.2, 0.25) is 0 Å². The van der Waals surface area contributed by atoms with Gasteiger partial charge in [-0.1, -0.05) is 42.5 Å². The first-order valence-electron chi connectivity index (χ1n) is 8.15. The van der Waals surface area contributed by atoms with Gasteiger partial charge in [-0.25, -0.2) is 13.6 Å². The monoisotopic (exact) mass is 363 g/mol. The number of urea groups is 1. The maximum absolute atomic E-state index is 13.9. The summed E-state index contributed by atoms with van der Waals surface area (Å²) in [5, 5.41) is 12.2. The van der Waals surface area contributed by atoms with E-state index in [1.807, 2.05) is 0 Å². The Morgan fingerprint density at radius 1 is 0.926 bits per heavy atom. The second-order valence-corrected chi connectivity index (χ2v) is 5.70. The van der Waals surface area contributed by atoms with E-state index in [-0.39, 0.29) is 5.69 Å². The molecule has 1 unspecified atom stereocenters. The van der Waals surface area contributed by atoms with Crippen molar-refractivity contribution in [2.24, 2.45) is 0 Å². The predicted molar refractivity (Wildman–Crippen MR) is 99.1 cm³/mol. The molecule has 1 N–H and O–H groups in total. The van der Waals surface area contributed by atoms with Crippen LogP contribution >= 0.6 is 0 Å². The summed E-state index contributed by atoms with van der Waals surface area (Å²) in [5.74, 6) is -1.07. The van der Waals surface area contributed by atoms with Crippen LogP contribution in [0.3, 0.4) is 0 Å². The Labute approximate surface area is 155 Å². The van der Waals surface area contributed by atoms with Crippen molar-refractivity contribution in [3.05, 3.63) is 96.1 Å². The fraction of sp³-hybridized carbons (Fsp3) is 0.0476. The third-order valence-electron chi connectivity index (χ3n) is 3.93. The van der Waals surface area contributed by atoms with E-state index in [0.717, 1.165) is 0 Å². The van der Waals surface area contributed by atoms with Crippen molar-refractivity contribution in [1.29, 1.82) is 5.26 Å². The number of hydrogen-bond acceptors (Lipinski definition) is 2. The molecule has 0 aliphatic carbocycles. The molecule has 0 spiro atoms. The van der Waals surface area contributed by atoms with E-state index in [4.69, 9.17) is 0 Å². The van der Waals surface area contributed by atoms with Gasteiger partial charge in [-0.3, -0.25) is 4.90 Å². The van der Waals surface area contributed by atoms with Crippen molar-refractivity contribution >= 4 is 17.4 Å². The van der Waals surface area contributed by atoms with E-state index in [1.165, 1.54) is 47.4 Å². The first-order valence-corrected chi connectivity index (χ1v) is 8.15. The number of nitrogens with one attached hydrogen (secondary N) is 1. The van der Waals surface area contributed by atoms with E-state index in [1.54, 1.807) is 36.4 Å². The van der Waals surface area contributed by atoms with Crippen LogP contribution in [0.5, 0.6) is 0 Å². The molecule has 1 atom stereocenters. The summed E-state index contributed by atoms with van der Waals surface area (Å²) < 4.78 is 27.3. The molecule has 3 rings (SSSR count). The quantitative estimate of drug-likeness (QED) is 0.687. The number of para-hydroxylation sites is 1. The lowest BCUT2D eigenvalue weighted by Gasteiger charge is -2.28. The molecule has 0 aliphatic heterocycles. The van der Waals surface area contributed by atoms with E-state index in [0.29, 0.717) is 11.3 Å². The van der Waals surface area contributed by atoms with Crippen LogP contribution in [0.4, 0.5) is 25.0 Å². The zero-order chi connectivity index (χ0) is 19.2. The first kappa shape index (κ1) is 18.1. The molecular weight excluding hydrogens is 348 g/mol. The molecule has 0 aromatic heterocycles. The van der Waals surface area contributed by atoms with E-state index >= 15 is 0 Å². The summed E-state index contributed by atoms with van der Waals surface area (Å²) in [6.07, 6.45) is 0. The molecular formula is C21H15F2N3O. The summed E-state index contributed by atoms with van der Waals surface area (Å²) in [6.45, 7) is 0. The van der Waals surface area contributed by atoms with E-state index < -0.39 is 23.7 Å². The lowest BCUT2D eigenvalue weighted by atomic mass is 10.1. The maximum atomic E-state index is 13.9. The largest absolute Gasteiger partial charge is 0.327 e. The molecule has 0 saturated carbocycles. The van der Waals surface area contributed by atoms with Gasteiger partial charge in [0, 0.05) is 5.69 Å². The van der Waals surface area contributed by atoms with E-state index in [9.17, 15) is 18.8 Å². The Hall–Kier alpha value is -3.72. The maximum Gasteiger partial charge on any atom is 0.327 e. The molecule has 0 heterocycles. The van der Waals surface area contributed by atoms with Gasteiger partial charge < -0.3 is 5.32 Å². The summed E-state index contributed by atoms with van der Waals surface area (Å²) >= 11 is 0. The highest BCUT2D eigenvalue weighted by atomic mass is 19.1. The van der Waals surface area contributed by atoms with Crippen molar-refractivity contribution in [2.75, 3.05) is 10.2 Å². The Kier molecular flexibility index (Phi) is 5.43. The summed E-state index contributed by atoms with van der Waals surface area (Å²) in [4.78, 5) is 14.1. The third-order valence-corrected chi connectivity index (χ3v) is 3.93. The minimum atomic E-state index is -0.983. The number of amides is 2. The fourth-order valence-electron chi connectivity index (χ4n) is 2.64. The molecule has 4 nitrogen and oxygen atoms in total. The highest BCUT2D eigenvalue weighted by Gasteiger charge is 2.27. The number of hydrogen-bond donors (Lipinski definition) is 1. The van der Waals surface area contributed by atoms with Gasteiger partial charge in [-0.2, -0.15) is 5.26 Å². The van der Waals surface area contributed by atoms with Crippen LogP contribution in [-0.4, -0.2) is 6.03 Å². The zero-order valence-corrected chi connectivity index (χ0v) is 14.1. The van der Waals surface area contributed by atoms with Gasteiger partial charge in [0.15, 0.2) is 6.04 Å². The molecule has 0 bridgehead atoms. The molecule has 134 valence electrons. The van der Waals surface area contributed by atoms with Gasteiger partial charge in [0.05, 0.1) is 11.8 Å². The highest BCUT2D eigenvalue weighted by molar-refractivity contribution is 6.02. The van der Waals surface area contributed by atoms with Gasteiger partial charge in [0.1, 0.15) is 11.6 Å². The van der Waals surface area contributed by atoms with E-state index in [2.05, 4.69) is 11.4 Å². The Morgan fingerprint density at radius 3 is 2.19 bits per heavy atom. The average Bonchev–Trinajstić information content (AvgIpc) is 2.69. The molecule has 3 aromatic carbocycles. The predicted octanol–water partition coefficient (Wildman–Crippen LogP) is 5.27. The Morgan fingerprint density at radius 2 is 1.56 bits per heavy atom. The topological polar surface area (TPSA) is 56.1 Å². The number of anilines is 2. The number of nitriles is 1. The molecule has 27 heavy (non-hydrogen) atoms. The second-order valence-electron chi connectivity index (χ2n) is 5.70. The molecule has 0 aliphatic rings. The average molecular weight is 363 g/mol.